The third-order valence-corrected chi connectivity index (χ3v) is 4.19. The number of hydrogen-bond acceptors (Lipinski definition) is 2. The zero-order chi connectivity index (χ0) is 16.6. The summed E-state index contributed by atoms with van der Waals surface area (Å²) in [5.41, 5.74) is 5.25. The summed E-state index contributed by atoms with van der Waals surface area (Å²) < 4.78 is 14.6. The molecular weight excluding hydrogens is 289 g/mol. The van der Waals surface area contributed by atoms with Crippen LogP contribution < -0.4 is 0 Å². The van der Waals surface area contributed by atoms with Gasteiger partial charge in [0.15, 0.2) is 0 Å². The van der Waals surface area contributed by atoms with Crippen molar-refractivity contribution in [2.24, 2.45) is 0 Å². The Bertz CT molecular complexity index is 944. The SMILES string of the molecule is C=Cc1ccc(Cc2c(F)cc(C#N)c3[nH]c(C)c(C)c23)cn1. The van der Waals surface area contributed by atoms with Crippen molar-refractivity contribution < 1.29 is 4.39 Å². The summed E-state index contributed by atoms with van der Waals surface area (Å²) in [6.07, 6.45) is 3.83. The van der Waals surface area contributed by atoms with Gasteiger partial charge < -0.3 is 4.98 Å². The highest BCUT2D eigenvalue weighted by Gasteiger charge is 2.17. The van der Waals surface area contributed by atoms with Gasteiger partial charge in [-0.05, 0) is 43.2 Å². The largest absolute Gasteiger partial charge is 0.357 e. The van der Waals surface area contributed by atoms with Crippen LogP contribution in [-0.4, -0.2) is 9.97 Å². The molecule has 0 fully saturated rings. The molecule has 4 heteroatoms. The number of rotatable bonds is 3. The van der Waals surface area contributed by atoms with Crippen LogP contribution in [0.3, 0.4) is 0 Å². The number of aromatic amines is 1. The monoisotopic (exact) mass is 305 g/mol. The Morgan fingerprint density at radius 1 is 1.39 bits per heavy atom. The van der Waals surface area contributed by atoms with Crippen LogP contribution in [0.5, 0.6) is 0 Å². The van der Waals surface area contributed by atoms with Crippen LogP contribution in [0.4, 0.5) is 4.39 Å². The van der Waals surface area contributed by atoms with Gasteiger partial charge in [-0.25, -0.2) is 4.39 Å². The Labute approximate surface area is 134 Å². The number of nitriles is 1. The zero-order valence-corrected chi connectivity index (χ0v) is 13.1. The second kappa shape index (κ2) is 5.69. The average molecular weight is 305 g/mol. The summed E-state index contributed by atoms with van der Waals surface area (Å²) >= 11 is 0. The van der Waals surface area contributed by atoms with Gasteiger partial charge in [0.2, 0.25) is 0 Å². The third-order valence-electron chi connectivity index (χ3n) is 4.19. The number of aryl methyl sites for hydroxylation is 2. The Morgan fingerprint density at radius 2 is 2.17 bits per heavy atom. The van der Waals surface area contributed by atoms with Crippen molar-refractivity contribution in [1.29, 1.82) is 5.26 Å². The normalized spacial score (nSPS) is 10.7. The van der Waals surface area contributed by atoms with Crippen LogP contribution in [0.1, 0.15) is 33.6 Å². The van der Waals surface area contributed by atoms with E-state index in [1.165, 1.54) is 6.07 Å². The number of aromatic nitrogens is 2. The molecule has 0 unspecified atom stereocenters. The van der Waals surface area contributed by atoms with Crippen LogP contribution >= 0.6 is 0 Å². The molecule has 2 aromatic heterocycles. The van der Waals surface area contributed by atoms with E-state index < -0.39 is 0 Å². The summed E-state index contributed by atoms with van der Waals surface area (Å²) in [5, 5.41) is 10.0. The lowest BCUT2D eigenvalue weighted by Crippen LogP contribution is -1.97. The Balaban J connectivity index is 2.18. The summed E-state index contributed by atoms with van der Waals surface area (Å²) in [5.74, 6) is -0.357. The highest BCUT2D eigenvalue weighted by atomic mass is 19.1. The molecule has 1 aromatic carbocycles. The van der Waals surface area contributed by atoms with Gasteiger partial charge in [-0.3, -0.25) is 4.98 Å². The molecule has 3 rings (SSSR count). The zero-order valence-electron chi connectivity index (χ0n) is 13.1. The topological polar surface area (TPSA) is 52.5 Å². The van der Waals surface area contributed by atoms with E-state index in [1.807, 2.05) is 26.0 Å². The average Bonchev–Trinajstić information content (AvgIpc) is 2.86. The van der Waals surface area contributed by atoms with Crippen molar-refractivity contribution in [2.45, 2.75) is 20.3 Å². The Hall–Kier alpha value is -2.93. The summed E-state index contributed by atoms with van der Waals surface area (Å²) in [7, 11) is 0. The minimum absolute atomic E-state index is 0.331. The lowest BCUT2D eigenvalue weighted by atomic mass is 9.97. The molecule has 0 aliphatic heterocycles. The molecule has 0 amide bonds. The van der Waals surface area contributed by atoms with Gasteiger partial charge in [0.1, 0.15) is 11.9 Å². The van der Waals surface area contributed by atoms with E-state index in [4.69, 9.17) is 0 Å². The van der Waals surface area contributed by atoms with Crippen LogP contribution in [0, 0.1) is 31.0 Å². The highest BCUT2D eigenvalue weighted by molar-refractivity contribution is 5.92. The van der Waals surface area contributed by atoms with Crippen molar-refractivity contribution in [2.75, 3.05) is 0 Å². The molecular formula is C19H16FN3. The molecule has 3 aromatic rings. The molecule has 23 heavy (non-hydrogen) atoms. The number of nitrogens with zero attached hydrogens (tertiary/aromatic N) is 2. The van der Waals surface area contributed by atoms with Crippen molar-refractivity contribution in [3.63, 3.8) is 0 Å². The number of fused-ring (bicyclic) bond motifs is 1. The van der Waals surface area contributed by atoms with E-state index in [1.54, 1.807) is 12.3 Å². The van der Waals surface area contributed by atoms with Gasteiger partial charge >= 0.3 is 0 Å². The standard InChI is InChI=1S/C19H16FN3/c1-4-15-6-5-13(10-22-15)7-16-17(20)8-14(9-21)19-18(16)11(2)12(3)23-19/h4-6,8,10,23H,1,7H2,2-3H3. The fourth-order valence-electron chi connectivity index (χ4n) is 2.83. The first-order chi connectivity index (χ1) is 11.0. The van der Waals surface area contributed by atoms with Crippen LogP contribution in [0.2, 0.25) is 0 Å². The number of pyridine rings is 1. The lowest BCUT2D eigenvalue weighted by molar-refractivity contribution is 0.616. The molecule has 0 aliphatic rings. The Morgan fingerprint density at radius 3 is 2.78 bits per heavy atom. The van der Waals surface area contributed by atoms with Crippen LogP contribution in [-0.2, 0) is 6.42 Å². The van der Waals surface area contributed by atoms with Crippen molar-refractivity contribution in [3.05, 3.63) is 70.4 Å². The van der Waals surface area contributed by atoms with E-state index in [9.17, 15) is 9.65 Å². The minimum Gasteiger partial charge on any atom is -0.357 e. The first-order valence-corrected chi connectivity index (χ1v) is 7.33. The van der Waals surface area contributed by atoms with Crippen molar-refractivity contribution in [3.8, 4) is 6.07 Å². The fourth-order valence-corrected chi connectivity index (χ4v) is 2.83. The number of nitrogens with one attached hydrogen (secondary N) is 1. The number of H-pyrrole nitrogens is 1. The number of benzene rings is 1. The molecule has 114 valence electrons. The lowest BCUT2D eigenvalue weighted by Gasteiger charge is -2.08. The molecule has 2 heterocycles. The maximum absolute atomic E-state index is 14.6. The van der Waals surface area contributed by atoms with Gasteiger partial charge in [-0.1, -0.05) is 12.6 Å². The minimum atomic E-state index is -0.357. The second-order valence-corrected chi connectivity index (χ2v) is 5.59. The molecule has 0 saturated carbocycles. The van der Waals surface area contributed by atoms with Crippen LogP contribution in [0.15, 0.2) is 31.0 Å². The quantitative estimate of drug-likeness (QED) is 0.778. The molecule has 0 bridgehead atoms. The molecule has 0 aliphatic carbocycles. The predicted octanol–water partition coefficient (Wildman–Crippen LogP) is 4.42. The maximum atomic E-state index is 14.6. The first-order valence-electron chi connectivity index (χ1n) is 7.33. The molecule has 0 saturated heterocycles. The summed E-state index contributed by atoms with van der Waals surface area (Å²) in [6, 6.07) is 7.14. The third kappa shape index (κ3) is 2.51. The van der Waals surface area contributed by atoms with Gasteiger partial charge in [-0.15, -0.1) is 0 Å². The molecule has 0 radical (unpaired) electrons. The van der Waals surface area contributed by atoms with Crippen LogP contribution in [0.25, 0.3) is 17.0 Å². The highest BCUT2D eigenvalue weighted by Crippen LogP contribution is 2.31. The van der Waals surface area contributed by atoms with Crippen molar-refractivity contribution in [1.82, 2.24) is 9.97 Å². The number of hydrogen-bond donors (Lipinski definition) is 1. The fraction of sp³-hybridized carbons (Fsp3) is 0.158. The summed E-state index contributed by atoms with van der Waals surface area (Å²) in [6.45, 7) is 7.55. The smallest absolute Gasteiger partial charge is 0.128 e. The van der Waals surface area contributed by atoms with Crippen molar-refractivity contribution >= 4 is 17.0 Å². The Kier molecular flexibility index (Phi) is 3.71. The van der Waals surface area contributed by atoms with Gasteiger partial charge in [0.05, 0.1) is 16.8 Å². The molecule has 1 N–H and O–H groups in total. The van der Waals surface area contributed by atoms with E-state index >= 15 is 0 Å². The molecule has 3 nitrogen and oxygen atoms in total. The first kappa shape index (κ1) is 15.0. The molecule has 0 spiro atoms. The van der Waals surface area contributed by atoms with Gasteiger partial charge in [0.25, 0.3) is 0 Å². The summed E-state index contributed by atoms with van der Waals surface area (Å²) in [4.78, 5) is 7.46. The molecule has 0 atom stereocenters. The maximum Gasteiger partial charge on any atom is 0.128 e. The van der Waals surface area contributed by atoms with E-state index in [-0.39, 0.29) is 5.82 Å². The van der Waals surface area contributed by atoms with Gasteiger partial charge in [-0.2, -0.15) is 5.26 Å². The van der Waals surface area contributed by atoms with E-state index in [0.29, 0.717) is 23.1 Å². The second-order valence-electron chi connectivity index (χ2n) is 5.59. The number of halogens is 1. The van der Waals surface area contributed by atoms with E-state index in [2.05, 4.69) is 22.6 Å². The van der Waals surface area contributed by atoms with Gasteiger partial charge in [0, 0.05) is 29.3 Å². The predicted molar refractivity (Wildman–Crippen MR) is 89.6 cm³/mol. The van der Waals surface area contributed by atoms with E-state index in [0.717, 1.165) is 27.9 Å².